The summed E-state index contributed by atoms with van der Waals surface area (Å²) in [6.07, 6.45) is 0.719. The first-order valence-electron chi connectivity index (χ1n) is 5.49. The number of benzene rings is 1. The molecule has 0 bridgehead atoms. The quantitative estimate of drug-likeness (QED) is 0.815. The van der Waals surface area contributed by atoms with Gasteiger partial charge in [-0.3, -0.25) is 4.79 Å². The van der Waals surface area contributed by atoms with Gasteiger partial charge in [0.15, 0.2) is 0 Å². The Bertz CT molecular complexity index is 341. The summed E-state index contributed by atoms with van der Waals surface area (Å²) in [5.41, 5.74) is 6.79. The lowest BCUT2D eigenvalue weighted by Gasteiger charge is -2.26. The average Bonchev–Trinajstić information content (AvgIpc) is 2.15. The first kappa shape index (κ1) is 12.7. The van der Waals surface area contributed by atoms with Gasteiger partial charge in [-0.05, 0) is 25.8 Å². The largest absolute Gasteiger partial charge is 0.349 e. The molecule has 1 aromatic carbocycles. The maximum absolute atomic E-state index is 11.2. The van der Waals surface area contributed by atoms with Gasteiger partial charge in [0.1, 0.15) is 0 Å². The molecule has 0 aliphatic heterocycles. The molecule has 0 aliphatic carbocycles. The molecule has 0 aromatic heterocycles. The van der Waals surface area contributed by atoms with Crippen LogP contribution in [0.15, 0.2) is 30.3 Å². The van der Waals surface area contributed by atoms with Crippen molar-refractivity contribution in [1.29, 1.82) is 0 Å². The normalized spacial score (nSPS) is 13.2. The van der Waals surface area contributed by atoms with Gasteiger partial charge in [-0.15, -0.1) is 0 Å². The predicted molar refractivity (Wildman–Crippen MR) is 65.9 cm³/mol. The Labute approximate surface area is 97.0 Å². The third-order valence-corrected chi connectivity index (χ3v) is 2.31. The molecule has 3 nitrogen and oxygen atoms in total. The highest BCUT2D eigenvalue weighted by Crippen LogP contribution is 2.22. The molecule has 16 heavy (non-hydrogen) atoms. The minimum atomic E-state index is -0.303. The van der Waals surface area contributed by atoms with Crippen molar-refractivity contribution >= 4 is 5.91 Å². The van der Waals surface area contributed by atoms with Crippen LogP contribution in [0.25, 0.3) is 0 Å². The van der Waals surface area contributed by atoms with Crippen molar-refractivity contribution in [3.63, 3.8) is 0 Å². The average molecular weight is 220 g/mol. The topological polar surface area (TPSA) is 55.1 Å². The lowest BCUT2D eigenvalue weighted by Crippen LogP contribution is -2.38. The van der Waals surface area contributed by atoms with Gasteiger partial charge in [0, 0.05) is 12.5 Å². The molecule has 0 saturated carbocycles. The van der Waals surface area contributed by atoms with E-state index in [9.17, 15) is 4.79 Å². The van der Waals surface area contributed by atoms with Crippen LogP contribution in [0.2, 0.25) is 0 Å². The highest BCUT2D eigenvalue weighted by Gasteiger charge is 2.20. The predicted octanol–water partition coefficient (Wildman–Crippen LogP) is 1.99. The smallest absolute Gasteiger partial charge is 0.217 e. The molecule has 0 fully saturated rings. The molecular weight excluding hydrogens is 200 g/mol. The van der Waals surface area contributed by atoms with Gasteiger partial charge in [-0.2, -0.15) is 0 Å². The van der Waals surface area contributed by atoms with Crippen molar-refractivity contribution in [1.82, 2.24) is 5.32 Å². The Balaban J connectivity index is 2.84. The molecule has 88 valence electrons. The molecule has 0 aliphatic rings. The van der Waals surface area contributed by atoms with Crippen LogP contribution in [0, 0.1) is 0 Å². The standard InChI is InChI=1S/C13H20N2O/c1-10(16)15-12(9-13(2,3)14)11-7-5-4-6-8-11/h4-8,12H,9,14H2,1-3H3,(H,15,16)/t12-/m1/s1. The second-order valence-corrected chi connectivity index (χ2v) is 4.86. The molecule has 0 unspecified atom stereocenters. The van der Waals surface area contributed by atoms with E-state index in [1.807, 2.05) is 44.2 Å². The van der Waals surface area contributed by atoms with Crippen LogP contribution >= 0.6 is 0 Å². The summed E-state index contributed by atoms with van der Waals surface area (Å²) in [7, 11) is 0. The first-order valence-corrected chi connectivity index (χ1v) is 5.49. The van der Waals surface area contributed by atoms with Crippen LogP contribution in [0.3, 0.4) is 0 Å². The molecule has 1 aromatic rings. The second kappa shape index (κ2) is 5.12. The highest BCUT2D eigenvalue weighted by molar-refractivity contribution is 5.73. The summed E-state index contributed by atoms with van der Waals surface area (Å²) < 4.78 is 0. The molecule has 3 N–H and O–H groups in total. The van der Waals surface area contributed by atoms with Crippen molar-refractivity contribution < 1.29 is 4.79 Å². The highest BCUT2D eigenvalue weighted by atomic mass is 16.1. The van der Waals surface area contributed by atoms with Gasteiger partial charge in [-0.1, -0.05) is 30.3 Å². The molecular formula is C13H20N2O. The van der Waals surface area contributed by atoms with Crippen LogP contribution in [-0.2, 0) is 4.79 Å². The summed E-state index contributed by atoms with van der Waals surface area (Å²) in [5.74, 6) is -0.0295. The fraction of sp³-hybridized carbons (Fsp3) is 0.462. The maximum atomic E-state index is 11.2. The third kappa shape index (κ3) is 4.45. The Morgan fingerprint density at radius 1 is 1.38 bits per heavy atom. The number of nitrogens with two attached hydrogens (primary N) is 1. The minimum absolute atomic E-state index is 0.0151. The van der Waals surface area contributed by atoms with Gasteiger partial charge >= 0.3 is 0 Å². The summed E-state index contributed by atoms with van der Waals surface area (Å²) in [4.78, 5) is 11.2. The Morgan fingerprint density at radius 3 is 2.38 bits per heavy atom. The van der Waals surface area contributed by atoms with Gasteiger partial charge in [-0.25, -0.2) is 0 Å². The summed E-state index contributed by atoms with van der Waals surface area (Å²) in [6, 6.07) is 9.89. The Hall–Kier alpha value is -1.35. The van der Waals surface area contributed by atoms with Gasteiger partial charge in [0.2, 0.25) is 5.91 Å². The third-order valence-electron chi connectivity index (χ3n) is 2.31. The molecule has 0 saturated heterocycles. The lowest BCUT2D eigenvalue weighted by atomic mass is 9.92. The lowest BCUT2D eigenvalue weighted by molar-refractivity contribution is -0.119. The first-order chi connectivity index (χ1) is 7.38. The van der Waals surface area contributed by atoms with Crippen LogP contribution in [0.1, 0.15) is 38.8 Å². The van der Waals surface area contributed by atoms with E-state index in [0.29, 0.717) is 0 Å². The summed E-state index contributed by atoms with van der Waals surface area (Å²) in [6.45, 7) is 5.45. The number of carbonyl (C=O) groups excluding carboxylic acids is 1. The number of carbonyl (C=O) groups is 1. The maximum Gasteiger partial charge on any atom is 0.217 e. The fourth-order valence-electron chi connectivity index (χ4n) is 1.71. The fourth-order valence-corrected chi connectivity index (χ4v) is 1.71. The zero-order chi connectivity index (χ0) is 12.2. The number of rotatable bonds is 4. The van der Waals surface area contributed by atoms with Crippen LogP contribution < -0.4 is 11.1 Å². The molecule has 0 radical (unpaired) electrons. The van der Waals surface area contributed by atoms with E-state index in [1.165, 1.54) is 6.92 Å². The summed E-state index contributed by atoms with van der Waals surface area (Å²) in [5, 5.41) is 2.93. The monoisotopic (exact) mass is 220 g/mol. The molecule has 1 rings (SSSR count). The number of nitrogens with one attached hydrogen (secondary N) is 1. The van der Waals surface area contributed by atoms with Crippen LogP contribution in [0.4, 0.5) is 0 Å². The van der Waals surface area contributed by atoms with Crippen molar-refractivity contribution in [2.45, 2.75) is 38.8 Å². The zero-order valence-corrected chi connectivity index (χ0v) is 10.2. The van der Waals surface area contributed by atoms with Gasteiger partial charge in [0.05, 0.1) is 6.04 Å². The second-order valence-electron chi connectivity index (χ2n) is 4.86. The van der Waals surface area contributed by atoms with E-state index in [1.54, 1.807) is 0 Å². The van der Waals surface area contributed by atoms with E-state index in [4.69, 9.17) is 5.73 Å². The van der Waals surface area contributed by atoms with Gasteiger partial charge in [0.25, 0.3) is 0 Å². The molecule has 1 atom stereocenters. The number of hydrogen-bond donors (Lipinski definition) is 2. The van der Waals surface area contributed by atoms with E-state index in [-0.39, 0.29) is 17.5 Å². The van der Waals surface area contributed by atoms with Crippen LogP contribution in [-0.4, -0.2) is 11.4 Å². The van der Waals surface area contributed by atoms with E-state index in [2.05, 4.69) is 5.32 Å². The van der Waals surface area contributed by atoms with E-state index in [0.717, 1.165) is 12.0 Å². The van der Waals surface area contributed by atoms with Crippen LogP contribution in [0.5, 0.6) is 0 Å². The zero-order valence-electron chi connectivity index (χ0n) is 10.2. The van der Waals surface area contributed by atoms with Gasteiger partial charge < -0.3 is 11.1 Å². The van der Waals surface area contributed by atoms with E-state index < -0.39 is 0 Å². The van der Waals surface area contributed by atoms with Crippen molar-refractivity contribution in [3.8, 4) is 0 Å². The molecule has 0 heterocycles. The van der Waals surface area contributed by atoms with Crippen molar-refractivity contribution in [3.05, 3.63) is 35.9 Å². The van der Waals surface area contributed by atoms with Crippen molar-refractivity contribution in [2.75, 3.05) is 0 Å². The SMILES string of the molecule is CC(=O)N[C@H](CC(C)(C)N)c1ccccc1. The number of hydrogen-bond acceptors (Lipinski definition) is 2. The summed E-state index contributed by atoms with van der Waals surface area (Å²) >= 11 is 0. The van der Waals surface area contributed by atoms with E-state index >= 15 is 0 Å². The Kier molecular flexibility index (Phi) is 4.07. The molecule has 0 spiro atoms. The van der Waals surface area contributed by atoms with Crippen molar-refractivity contribution in [2.24, 2.45) is 5.73 Å². The molecule has 3 heteroatoms. The Morgan fingerprint density at radius 2 is 1.94 bits per heavy atom. The molecule has 1 amide bonds. The minimum Gasteiger partial charge on any atom is -0.349 e. The number of amides is 1.